The quantitative estimate of drug-likeness (QED) is 0.0167. The largest absolute Gasteiger partial charge is 0.460 e. The molecular weight excluding hydrogens is 1120 g/mol. The fourth-order valence-electron chi connectivity index (χ4n) is 6.81. The number of carbonyl (C=O) groups excluding carboxylic acids is 7. The van der Waals surface area contributed by atoms with Crippen LogP contribution in [0.3, 0.4) is 0 Å². The van der Waals surface area contributed by atoms with E-state index in [-0.39, 0.29) is 220 Å². The highest BCUT2D eigenvalue weighted by molar-refractivity contribution is 5.92. The number of amides is 6. The number of ether oxygens (including phenoxy) is 11. The Balaban J connectivity index is 5.43. The van der Waals surface area contributed by atoms with Crippen LogP contribution in [0.1, 0.15) is 97.8 Å². The zero-order chi connectivity index (χ0) is 62.5. The topological polar surface area (TPSA) is 439 Å². The van der Waals surface area contributed by atoms with Crippen molar-refractivity contribution in [2.24, 2.45) is 15.3 Å². The van der Waals surface area contributed by atoms with Crippen molar-refractivity contribution in [2.75, 3.05) is 178 Å². The first-order valence-electron chi connectivity index (χ1n) is 28.9. The Morgan fingerprint density at radius 1 is 0.365 bits per heavy atom. The summed E-state index contributed by atoms with van der Waals surface area (Å²) < 4.78 is 59.4. The molecule has 0 fully saturated rings. The minimum atomic E-state index is -1.07. The number of carbonyl (C=O) groups is 7. The van der Waals surface area contributed by atoms with E-state index < -0.39 is 35.4 Å². The van der Waals surface area contributed by atoms with Crippen LogP contribution in [-0.2, 0) is 85.7 Å². The maximum Gasteiger partial charge on any atom is 0.308 e. The minimum Gasteiger partial charge on any atom is -0.460 e. The second kappa shape index (κ2) is 58.2. The fraction of sp³-hybridized carbons (Fsp3) is 0.865. The Kier molecular flexibility index (Phi) is 54.0. The van der Waals surface area contributed by atoms with E-state index in [0.717, 1.165) is 0 Å². The van der Waals surface area contributed by atoms with Crippen molar-refractivity contribution in [1.82, 2.24) is 31.9 Å². The van der Waals surface area contributed by atoms with Crippen molar-refractivity contribution >= 4 is 41.4 Å². The van der Waals surface area contributed by atoms with Crippen LogP contribution in [0.25, 0.3) is 31.3 Å². The molecular formula is C52H95N15O18. The summed E-state index contributed by atoms with van der Waals surface area (Å²) in [6.07, 6.45) is 2.76. The van der Waals surface area contributed by atoms with E-state index in [4.69, 9.17) is 68.7 Å². The molecule has 0 radical (unpaired) electrons. The van der Waals surface area contributed by atoms with Crippen LogP contribution >= 0.6 is 0 Å². The number of unbranched alkanes of at least 4 members (excludes halogenated alkanes) is 2. The van der Waals surface area contributed by atoms with Crippen LogP contribution in [0.15, 0.2) is 15.3 Å². The van der Waals surface area contributed by atoms with Gasteiger partial charge >= 0.3 is 5.97 Å². The smallest absolute Gasteiger partial charge is 0.308 e. The Hall–Kier alpha value is -6.18. The lowest BCUT2D eigenvalue weighted by atomic mass is 10.0. The van der Waals surface area contributed by atoms with Gasteiger partial charge in [0.1, 0.15) is 17.7 Å². The Labute approximate surface area is 497 Å². The maximum atomic E-state index is 14.1. The van der Waals surface area contributed by atoms with E-state index in [1.165, 1.54) is 0 Å². The monoisotopic (exact) mass is 1220 g/mol. The molecule has 0 aromatic heterocycles. The number of nitrogens with one attached hydrogen (secondary N) is 6. The molecule has 0 aromatic carbocycles. The third-order valence-electron chi connectivity index (χ3n) is 10.9. The number of hydrogen-bond donors (Lipinski definition) is 6. The van der Waals surface area contributed by atoms with Crippen molar-refractivity contribution in [3.8, 4) is 0 Å². The molecule has 486 valence electrons. The van der Waals surface area contributed by atoms with Crippen molar-refractivity contribution < 1.29 is 85.7 Å². The van der Waals surface area contributed by atoms with Crippen molar-refractivity contribution in [3.63, 3.8) is 0 Å². The van der Waals surface area contributed by atoms with Crippen LogP contribution < -0.4 is 31.9 Å². The van der Waals surface area contributed by atoms with Crippen LogP contribution in [0.4, 0.5) is 0 Å². The summed E-state index contributed by atoms with van der Waals surface area (Å²) in [5.41, 5.74) is 24.4. The number of esters is 1. The van der Waals surface area contributed by atoms with Gasteiger partial charge in [-0.3, -0.25) is 33.6 Å². The molecule has 33 nitrogen and oxygen atoms in total. The van der Waals surface area contributed by atoms with Crippen molar-refractivity contribution in [2.45, 2.75) is 116 Å². The summed E-state index contributed by atoms with van der Waals surface area (Å²) in [6.45, 7) is 11.9. The molecule has 0 spiro atoms. The fourth-order valence-corrected chi connectivity index (χ4v) is 6.81. The van der Waals surface area contributed by atoms with Gasteiger partial charge in [-0.1, -0.05) is 15.3 Å². The van der Waals surface area contributed by atoms with E-state index in [1.54, 1.807) is 20.8 Å². The van der Waals surface area contributed by atoms with Gasteiger partial charge in [0.25, 0.3) is 0 Å². The first kappa shape index (κ1) is 78.8. The summed E-state index contributed by atoms with van der Waals surface area (Å²) >= 11 is 0. The van der Waals surface area contributed by atoms with E-state index in [0.29, 0.717) is 58.7 Å². The summed E-state index contributed by atoms with van der Waals surface area (Å²) in [7, 11) is 0. The molecule has 0 aliphatic heterocycles. The molecule has 0 saturated heterocycles. The lowest BCUT2D eigenvalue weighted by Crippen LogP contribution is -2.54. The molecule has 85 heavy (non-hydrogen) atoms. The van der Waals surface area contributed by atoms with Gasteiger partial charge < -0.3 is 84.0 Å². The summed E-state index contributed by atoms with van der Waals surface area (Å²) in [6, 6.07) is -2.11. The Morgan fingerprint density at radius 3 is 1.09 bits per heavy atom. The van der Waals surface area contributed by atoms with Gasteiger partial charge in [0, 0.05) is 86.2 Å². The van der Waals surface area contributed by atoms with Crippen LogP contribution in [0, 0.1) is 0 Å². The summed E-state index contributed by atoms with van der Waals surface area (Å²) in [4.78, 5) is 98.0. The predicted molar refractivity (Wildman–Crippen MR) is 307 cm³/mol. The average molecular weight is 1220 g/mol. The third-order valence-corrected chi connectivity index (χ3v) is 10.9. The highest BCUT2D eigenvalue weighted by Crippen LogP contribution is 2.09. The predicted octanol–water partition coefficient (Wildman–Crippen LogP) is 2.54. The SMILES string of the molecule is CC(C)(C)OC(=O)CCOCCOCCOCCOCCNC(=O)[C@H](CCCCNC(=O)CCOCCOCCN=[N+]=[N-])NC(=O)[C@H](CCCCNC(=O)CCOCCOCCN=[N+]=[N-])NC(=O)CCCNC(=O)CCOCCOCCN=[N+]=[N-]. The Bertz CT molecular complexity index is 1940. The van der Waals surface area contributed by atoms with Crippen molar-refractivity contribution in [1.29, 1.82) is 0 Å². The first-order valence-corrected chi connectivity index (χ1v) is 28.9. The summed E-state index contributed by atoms with van der Waals surface area (Å²) in [5, 5.41) is 26.9. The standard InChI is InChI=1S/C52H95N15O18/c1-52(2,3)85-49(72)15-26-78-34-39-83-41-42-84-40-38-79-27-19-59-50(73)43(9-4-6-16-56-45(68)12-23-75-31-35-80-28-20-60-65-53)64-51(74)44(10-5-7-17-57-46(69)13-24-76-32-36-81-29-21-61-66-54)63-48(71)11-8-18-58-47(70)14-25-77-33-37-82-30-22-62-67-55/h43-44H,4-42H2,1-3H3,(H,56,68)(H,57,69)(H,58,70)(H,59,73)(H,63,71)(H,64,74)/t43-,44-/m0/s1. The number of azide groups is 3. The molecule has 6 amide bonds. The molecule has 0 bridgehead atoms. The van der Waals surface area contributed by atoms with Gasteiger partial charge in [-0.25, -0.2) is 0 Å². The minimum absolute atomic E-state index is 0.0295. The van der Waals surface area contributed by atoms with Gasteiger partial charge in [0.05, 0.1) is 139 Å². The summed E-state index contributed by atoms with van der Waals surface area (Å²) in [5.74, 6) is -2.66. The number of hydrogen-bond acceptors (Lipinski definition) is 21. The van der Waals surface area contributed by atoms with E-state index in [1.807, 2.05) is 0 Å². The van der Waals surface area contributed by atoms with Crippen molar-refractivity contribution in [3.05, 3.63) is 31.3 Å². The van der Waals surface area contributed by atoms with Crippen LogP contribution in [0.5, 0.6) is 0 Å². The van der Waals surface area contributed by atoms with Gasteiger partial charge in [0.2, 0.25) is 35.4 Å². The molecule has 33 heteroatoms. The zero-order valence-corrected chi connectivity index (χ0v) is 50.1. The van der Waals surface area contributed by atoms with E-state index in [9.17, 15) is 33.6 Å². The average Bonchev–Trinajstić information content (AvgIpc) is 3.58. The molecule has 0 aliphatic carbocycles. The maximum absolute atomic E-state index is 14.1. The second-order valence-corrected chi connectivity index (χ2v) is 19.2. The molecule has 6 N–H and O–H groups in total. The lowest BCUT2D eigenvalue weighted by Gasteiger charge is -2.23. The van der Waals surface area contributed by atoms with Gasteiger partial charge in [-0.05, 0) is 82.3 Å². The first-order chi connectivity index (χ1) is 41.2. The highest BCUT2D eigenvalue weighted by Gasteiger charge is 2.27. The zero-order valence-electron chi connectivity index (χ0n) is 50.1. The Morgan fingerprint density at radius 2 is 0.706 bits per heavy atom. The van der Waals surface area contributed by atoms with E-state index in [2.05, 4.69) is 62.0 Å². The van der Waals surface area contributed by atoms with Crippen LogP contribution in [-0.4, -0.2) is 237 Å². The molecule has 0 unspecified atom stereocenters. The molecule has 0 saturated carbocycles. The number of rotatable bonds is 60. The molecule has 0 heterocycles. The normalized spacial score (nSPS) is 11.7. The lowest BCUT2D eigenvalue weighted by molar-refractivity contribution is -0.156. The van der Waals surface area contributed by atoms with Gasteiger partial charge in [-0.15, -0.1) is 0 Å². The van der Waals surface area contributed by atoms with E-state index >= 15 is 0 Å². The third kappa shape index (κ3) is 56.7. The van der Waals surface area contributed by atoms with Crippen LogP contribution in [0.2, 0.25) is 0 Å². The van der Waals surface area contributed by atoms with Gasteiger partial charge in [0.15, 0.2) is 0 Å². The number of nitrogens with zero attached hydrogens (tertiary/aromatic N) is 9. The molecule has 2 atom stereocenters. The molecule has 0 rings (SSSR count). The van der Waals surface area contributed by atoms with Gasteiger partial charge in [-0.2, -0.15) is 0 Å². The second-order valence-electron chi connectivity index (χ2n) is 19.2. The molecule has 0 aliphatic rings. The molecule has 0 aromatic rings. The highest BCUT2D eigenvalue weighted by atomic mass is 16.6.